The topological polar surface area (TPSA) is 38.3 Å². The molecule has 2 aromatic rings. The molecule has 0 radical (unpaired) electrons. The van der Waals surface area contributed by atoms with Gasteiger partial charge in [0, 0.05) is 18.2 Å². The van der Waals surface area contributed by atoms with E-state index in [0.717, 1.165) is 49.1 Å². The van der Waals surface area contributed by atoms with Gasteiger partial charge in [0.05, 0.1) is 0 Å². The van der Waals surface area contributed by atoms with Crippen LogP contribution in [0, 0.1) is 0 Å². The molecule has 3 heteroatoms. The monoisotopic (exact) mass is 363 g/mol. The normalized spacial score (nSPS) is 17.3. The number of benzene rings is 2. The van der Waals surface area contributed by atoms with Crippen LogP contribution in [0.4, 0.5) is 5.69 Å². The van der Waals surface area contributed by atoms with Crippen LogP contribution in [0.1, 0.15) is 56.1 Å². The van der Waals surface area contributed by atoms with Crippen molar-refractivity contribution >= 4 is 11.6 Å². The van der Waals surface area contributed by atoms with E-state index in [1.165, 1.54) is 18.4 Å². The molecule has 3 nitrogen and oxygen atoms in total. The fourth-order valence-electron chi connectivity index (χ4n) is 3.31. The van der Waals surface area contributed by atoms with Crippen molar-refractivity contribution < 1.29 is 9.53 Å². The lowest BCUT2D eigenvalue weighted by molar-refractivity contribution is -0.116. The first-order chi connectivity index (χ1) is 13.3. The summed E-state index contributed by atoms with van der Waals surface area (Å²) in [5, 5.41) is 3.05. The Morgan fingerprint density at radius 3 is 2.56 bits per heavy atom. The molecule has 2 aromatic carbocycles. The van der Waals surface area contributed by atoms with Gasteiger partial charge in [-0.1, -0.05) is 55.3 Å². The number of carbonyl (C=O) groups is 1. The summed E-state index contributed by atoms with van der Waals surface area (Å²) in [7, 11) is 0. The molecule has 1 heterocycles. The molecule has 2 bridgehead atoms. The molecule has 0 unspecified atom stereocenters. The van der Waals surface area contributed by atoms with Crippen LogP contribution in [0.5, 0.6) is 5.75 Å². The summed E-state index contributed by atoms with van der Waals surface area (Å²) in [6.45, 7) is 0.525. The molecule has 3 rings (SSSR count). The minimum absolute atomic E-state index is 0.0918. The number of ether oxygens (including phenoxy) is 1. The summed E-state index contributed by atoms with van der Waals surface area (Å²) >= 11 is 0. The smallest absolute Gasteiger partial charge is 0.224 e. The van der Waals surface area contributed by atoms with E-state index in [0.29, 0.717) is 13.0 Å². The van der Waals surface area contributed by atoms with E-state index in [-0.39, 0.29) is 5.91 Å². The average molecular weight is 364 g/mol. The highest BCUT2D eigenvalue weighted by Gasteiger charge is 2.07. The van der Waals surface area contributed by atoms with Crippen LogP contribution < -0.4 is 10.1 Å². The van der Waals surface area contributed by atoms with Crippen molar-refractivity contribution in [2.24, 2.45) is 0 Å². The van der Waals surface area contributed by atoms with Gasteiger partial charge in [0.2, 0.25) is 5.91 Å². The van der Waals surface area contributed by atoms with Crippen molar-refractivity contribution in [3.8, 4) is 5.75 Å². The molecule has 0 saturated carbocycles. The molecule has 0 saturated heterocycles. The highest BCUT2D eigenvalue weighted by Crippen LogP contribution is 2.24. The Morgan fingerprint density at radius 2 is 1.67 bits per heavy atom. The third-order valence-electron chi connectivity index (χ3n) is 4.79. The lowest BCUT2D eigenvalue weighted by Gasteiger charge is -2.12. The fourth-order valence-corrected chi connectivity index (χ4v) is 3.31. The maximum Gasteiger partial charge on any atom is 0.224 e. The van der Waals surface area contributed by atoms with Crippen molar-refractivity contribution in [3.63, 3.8) is 0 Å². The van der Waals surface area contributed by atoms with Gasteiger partial charge in [0.15, 0.2) is 0 Å². The Morgan fingerprint density at radius 1 is 0.852 bits per heavy atom. The average Bonchev–Trinajstić information content (AvgIpc) is 2.68. The lowest BCUT2D eigenvalue weighted by atomic mass is 10.1. The van der Waals surface area contributed by atoms with E-state index in [9.17, 15) is 4.79 Å². The predicted molar refractivity (Wildman–Crippen MR) is 111 cm³/mol. The molecule has 1 N–H and O–H groups in total. The highest BCUT2D eigenvalue weighted by molar-refractivity contribution is 5.91. The third-order valence-corrected chi connectivity index (χ3v) is 4.79. The second-order valence-corrected chi connectivity index (χ2v) is 7.15. The van der Waals surface area contributed by atoms with Crippen LogP contribution in [0.3, 0.4) is 0 Å². The minimum Gasteiger partial charge on any atom is -0.489 e. The molecule has 27 heavy (non-hydrogen) atoms. The molecule has 0 atom stereocenters. The van der Waals surface area contributed by atoms with Crippen molar-refractivity contribution in [3.05, 3.63) is 71.8 Å². The van der Waals surface area contributed by atoms with Gasteiger partial charge >= 0.3 is 0 Å². The first-order valence-corrected chi connectivity index (χ1v) is 10.1. The quantitative estimate of drug-likeness (QED) is 0.674. The minimum atomic E-state index is 0.0918. The number of amides is 1. The van der Waals surface area contributed by atoms with Gasteiger partial charge < -0.3 is 10.1 Å². The summed E-state index contributed by atoms with van der Waals surface area (Å²) in [5.41, 5.74) is 3.16. The van der Waals surface area contributed by atoms with E-state index in [1.807, 2.05) is 24.3 Å². The van der Waals surface area contributed by atoms with Crippen molar-refractivity contribution in [1.82, 2.24) is 0 Å². The predicted octanol–water partition coefficient (Wildman–Crippen LogP) is 6.05. The lowest BCUT2D eigenvalue weighted by Crippen LogP contribution is -2.11. The molecule has 0 aliphatic carbocycles. The zero-order chi connectivity index (χ0) is 18.7. The van der Waals surface area contributed by atoms with E-state index >= 15 is 0 Å². The summed E-state index contributed by atoms with van der Waals surface area (Å²) in [6.07, 6.45) is 12.7. The van der Waals surface area contributed by atoms with Gasteiger partial charge in [0.25, 0.3) is 0 Å². The number of anilines is 1. The third kappa shape index (κ3) is 6.93. The first-order valence-electron chi connectivity index (χ1n) is 10.1. The number of aryl methyl sites for hydroxylation is 1. The number of fused-ring (bicyclic) bond motifs is 2. The van der Waals surface area contributed by atoms with Crippen LogP contribution in [-0.4, -0.2) is 5.91 Å². The zero-order valence-corrected chi connectivity index (χ0v) is 16.0. The number of hydrogen-bond acceptors (Lipinski definition) is 2. The van der Waals surface area contributed by atoms with Gasteiger partial charge in [0.1, 0.15) is 12.4 Å². The Hall–Kier alpha value is -2.55. The van der Waals surface area contributed by atoms with Crippen molar-refractivity contribution in [1.29, 1.82) is 0 Å². The number of rotatable bonds is 3. The maximum absolute atomic E-state index is 12.3. The van der Waals surface area contributed by atoms with Gasteiger partial charge in [-0.05, 0) is 55.4 Å². The van der Waals surface area contributed by atoms with Crippen LogP contribution >= 0.6 is 0 Å². The van der Waals surface area contributed by atoms with E-state index in [4.69, 9.17) is 4.74 Å². The number of nitrogens with one attached hydrogen (secondary N) is 1. The summed E-state index contributed by atoms with van der Waals surface area (Å²) in [6, 6.07) is 16.2. The van der Waals surface area contributed by atoms with E-state index in [1.54, 1.807) is 0 Å². The number of carbonyl (C=O) groups excluding carboxylic acids is 1. The molecule has 1 aliphatic heterocycles. The van der Waals surface area contributed by atoms with Crippen molar-refractivity contribution in [2.75, 3.05) is 5.32 Å². The fraction of sp³-hybridized carbons (Fsp3) is 0.375. The number of allylic oxidation sites excluding steroid dienone is 2. The Balaban J connectivity index is 1.73. The Bertz CT molecular complexity index is 752. The number of hydrogen-bond donors (Lipinski definition) is 1. The molecule has 1 amide bonds. The standard InChI is InChI=1S/C24H29NO2/c26-24-15-11-6-4-2-1-3-5-8-14-21-16-22(25-24)18-23(17-21)27-19-20-12-9-7-10-13-20/h3,5,7,9-10,12-13,16-18H,1-2,4,6,8,11,14-15,19H2,(H,25,26)/b5-3+. The maximum atomic E-state index is 12.3. The largest absolute Gasteiger partial charge is 0.489 e. The molecular weight excluding hydrogens is 334 g/mol. The Labute approximate surface area is 162 Å². The van der Waals surface area contributed by atoms with E-state index < -0.39 is 0 Å². The zero-order valence-electron chi connectivity index (χ0n) is 16.0. The SMILES string of the molecule is O=C1CCCCCC/C=C/CCc2cc(cc(OCc3ccccc3)c2)N1. The molecule has 142 valence electrons. The molecule has 0 fully saturated rings. The van der Waals surface area contributed by atoms with Gasteiger partial charge in [-0.2, -0.15) is 0 Å². The summed E-state index contributed by atoms with van der Waals surface area (Å²) in [4.78, 5) is 12.3. The van der Waals surface area contributed by atoms with Crippen LogP contribution in [-0.2, 0) is 17.8 Å². The second kappa shape index (κ2) is 10.6. The van der Waals surface area contributed by atoms with E-state index in [2.05, 4.69) is 41.7 Å². The van der Waals surface area contributed by atoms with Gasteiger partial charge in [-0.15, -0.1) is 0 Å². The summed E-state index contributed by atoms with van der Waals surface area (Å²) in [5.74, 6) is 0.897. The van der Waals surface area contributed by atoms with Crippen LogP contribution in [0.15, 0.2) is 60.7 Å². The Kier molecular flexibility index (Phi) is 7.52. The van der Waals surface area contributed by atoms with Crippen molar-refractivity contribution in [2.45, 2.75) is 58.0 Å². The second-order valence-electron chi connectivity index (χ2n) is 7.15. The molecule has 0 spiro atoms. The summed E-state index contributed by atoms with van der Waals surface area (Å²) < 4.78 is 6.00. The van der Waals surface area contributed by atoms with Crippen LogP contribution in [0.2, 0.25) is 0 Å². The highest BCUT2D eigenvalue weighted by atomic mass is 16.5. The molecule has 1 aliphatic rings. The van der Waals surface area contributed by atoms with Crippen LogP contribution in [0.25, 0.3) is 0 Å². The van der Waals surface area contributed by atoms with Gasteiger partial charge in [-0.3, -0.25) is 4.79 Å². The molecule has 0 aromatic heterocycles. The molecular formula is C24H29NO2. The van der Waals surface area contributed by atoms with Gasteiger partial charge in [-0.25, -0.2) is 0 Å². The first kappa shape index (κ1) is 19.2.